The lowest BCUT2D eigenvalue weighted by Crippen LogP contribution is -2.41. The molecule has 0 bridgehead atoms. The minimum absolute atomic E-state index is 0. The molecule has 1 fully saturated rings. The lowest BCUT2D eigenvalue weighted by molar-refractivity contribution is 0.412. The summed E-state index contributed by atoms with van der Waals surface area (Å²) in [6, 6.07) is 10.2. The van der Waals surface area contributed by atoms with E-state index in [2.05, 4.69) is 15.4 Å². The van der Waals surface area contributed by atoms with Gasteiger partial charge in [-0.05, 0) is 36.6 Å². The molecule has 0 saturated heterocycles. The lowest BCUT2D eigenvalue weighted by Gasteiger charge is -2.23. The molecule has 1 aromatic carbocycles. The van der Waals surface area contributed by atoms with E-state index in [1.54, 1.807) is 6.20 Å². The second-order valence-corrected chi connectivity index (χ2v) is 6.70. The van der Waals surface area contributed by atoms with Gasteiger partial charge in [-0.25, -0.2) is 0 Å². The van der Waals surface area contributed by atoms with Crippen LogP contribution in [-0.4, -0.2) is 28.3 Å². The van der Waals surface area contributed by atoms with Gasteiger partial charge in [-0.3, -0.25) is 9.67 Å². The van der Waals surface area contributed by atoms with Crippen molar-refractivity contribution in [2.75, 3.05) is 6.54 Å². The molecule has 0 amide bonds. The fourth-order valence-corrected chi connectivity index (χ4v) is 3.30. The van der Waals surface area contributed by atoms with Crippen molar-refractivity contribution < 1.29 is 0 Å². The van der Waals surface area contributed by atoms with Crippen LogP contribution >= 0.6 is 35.6 Å². The number of halogens is 2. The first-order chi connectivity index (χ1) is 11.7. The Morgan fingerprint density at radius 2 is 2.00 bits per heavy atom. The van der Waals surface area contributed by atoms with E-state index >= 15 is 0 Å². The summed E-state index contributed by atoms with van der Waals surface area (Å²) in [5.74, 6) is 0.521. The Morgan fingerprint density at radius 3 is 2.64 bits per heavy atom. The number of nitrogens with zero attached hydrogens (tertiary/aromatic N) is 3. The van der Waals surface area contributed by atoms with Crippen LogP contribution in [0.5, 0.6) is 0 Å². The van der Waals surface area contributed by atoms with E-state index < -0.39 is 0 Å². The first-order valence-corrected chi connectivity index (χ1v) is 8.91. The highest BCUT2D eigenvalue weighted by Gasteiger charge is 2.16. The Kier molecular flexibility index (Phi) is 8.02. The fourth-order valence-electron chi connectivity index (χ4n) is 3.18. The SMILES string of the molecule is I.NC(=NCC(c1ccc(Cl)cc1)n1cccn1)NC1CCCCC1. The summed E-state index contributed by atoms with van der Waals surface area (Å²) < 4.78 is 1.90. The van der Waals surface area contributed by atoms with Crippen molar-refractivity contribution in [1.82, 2.24) is 15.1 Å². The second kappa shape index (κ2) is 10.0. The van der Waals surface area contributed by atoms with Crippen molar-refractivity contribution in [2.45, 2.75) is 44.2 Å². The smallest absolute Gasteiger partial charge is 0.188 e. The highest BCUT2D eigenvalue weighted by Crippen LogP contribution is 2.21. The topological polar surface area (TPSA) is 68.2 Å². The Balaban J connectivity index is 0.00000225. The number of aliphatic imine (C=N–C) groups is 1. The number of aromatic nitrogens is 2. The van der Waals surface area contributed by atoms with Gasteiger partial charge in [-0.15, -0.1) is 24.0 Å². The van der Waals surface area contributed by atoms with Crippen LogP contribution in [0.3, 0.4) is 0 Å². The molecular weight excluding hydrogens is 449 g/mol. The van der Waals surface area contributed by atoms with Crippen LogP contribution in [0.1, 0.15) is 43.7 Å². The number of rotatable bonds is 5. The van der Waals surface area contributed by atoms with Crippen LogP contribution in [0, 0.1) is 0 Å². The molecule has 25 heavy (non-hydrogen) atoms. The predicted molar refractivity (Wildman–Crippen MR) is 114 cm³/mol. The van der Waals surface area contributed by atoms with E-state index in [9.17, 15) is 0 Å². The van der Waals surface area contributed by atoms with Gasteiger partial charge in [0, 0.05) is 23.5 Å². The Hall–Kier alpha value is -1.28. The molecule has 1 aliphatic rings. The summed E-state index contributed by atoms with van der Waals surface area (Å²) in [4.78, 5) is 4.56. The molecule has 136 valence electrons. The zero-order chi connectivity index (χ0) is 16.8. The Bertz CT molecular complexity index is 651. The predicted octanol–water partition coefficient (Wildman–Crippen LogP) is 3.98. The summed E-state index contributed by atoms with van der Waals surface area (Å²) in [6.07, 6.45) is 9.94. The molecule has 1 aliphatic carbocycles. The molecule has 1 saturated carbocycles. The minimum Gasteiger partial charge on any atom is -0.370 e. The number of guanidine groups is 1. The molecule has 0 radical (unpaired) electrons. The highest BCUT2D eigenvalue weighted by molar-refractivity contribution is 14.0. The van der Waals surface area contributed by atoms with Gasteiger partial charge < -0.3 is 11.1 Å². The van der Waals surface area contributed by atoms with Crippen molar-refractivity contribution in [3.63, 3.8) is 0 Å². The quantitative estimate of drug-likeness (QED) is 0.392. The first kappa shape index (κ1) is 20.0. The van der Waals surface area contributed by atoms with E-state index in [1.807, 2.05) is 41.2 Å². The zero-order valence-electron chi connectivity index (χ0n) is 14.1. The number of hydrogen-bond donors (Lipinski definition) is 2. The molecule has 5 nitrogen and oxygen atoms in total. The van der Waals surface area contributed by atoms with Crippen LogP contribution in [0.15, 0.2) is 47.7 Å². The second-order valence-electron chi connectivity index (χ2n) is 6.26. The minimum atomic E-state index is 0. The van der Waals surface area contributed by atoms with Crippen LogP contribution in [0.25, 0.3) is 0 Å². The molecule has 1 unspecified atom stereocenters. The monoisotopic (exact) mass is 473 g/mol. The Labute approximate surface area is 171 Å². The molecule has 0 spiro atoms. The molecule has 1 heterocycles. The van der Waals surface area contributed by atoms with Crippen LogP contribution < -0.4 is 11.1 Å². The van der Waals surface area contributed by atoms with E-state index in [4.69, 9.17) is 17.3 Å². The van der Waals surface area contributed by atoms with Gasteiger partial charge in [-0.1, -0.05) is 43.0 Å². The van der Waals surface area contributed by atoms with E-state index in [-0.39, 0.29) is 30.0 Å². The van der Waals surface area contributed by atoms with Gasteiger partial charge in [0.15, 0.2) is 5.96 Å². The maximum absolute atomic E-state index is 6.10. The number of hydrogen-bond acceptors (Lipinski definition) is 2. The molecule has 0 aliphatic heterocycles. The zero-order valence-corrected chi connectivity index (χ0v) is 17.2. The van der Waals surface area contributed by atoms with Gasteiger partial charge in [0.2, 0.25) is 0 Å². The van der Waals surface area contributed by atoms with E-state index in [0.29, 0.717) is 18.5 Å². The highest BCUT2D eigenvalue weighted by atomic mass is 127. The fraction of sp³-hybridized carbons (Fsp3) is 0.444. The first-order valence-electron chi connectivity index (χ1n) is 8.53. The third-order valence-corrected chi connectivity index (χ3v) is 4.74. The molecule has 3 N–H and O–H groups in total. The largest absolute Gasteiger partial charge is 0.370 e. The molecule has 1 atom stereocenters. The molecule has 3 rings (SSSR count). The van der Waals surface area contributed by atoms with Gasteiger partial charge in [0.05, 0.1) is 12.6 Å². The summed E-state index contributed by atoms with van der Waals surface area (Å²) >= 11 is 6.00. The third-order valence-electron chi connectivity index (χ3n) is 4.49. The maximum atomic E-state index is 6.10. The van der Waals surface area contributed by atoms with Gasteiger partial charge in [0.1, 0.15) is 0 Å². The van der Waals surface area contributed by atoms with Crippen molar-refractivity contribution in [3.8, 4) is 0 Å². The maximum Gasteiger partial charge on any atom is 0.188 e. The van der Waals surface area contributed by atoms with Crippen LogP contribution in [-0.2, 0) is 0 Å². The molecular formula is C18H25ClIN5. The number of benzene rings is 1. The summed E-state index contributed by atoms with van der Waals surface area (Å²) in [6.45, 7) is 0.537. The average Bonchev–Trinajstić information content (AvgIpc) is 3.12. The summed E-state index contributed by atoms with van der Waals surface area (Å²) in [5.41, 5.74) is 7.21. The van der Waals surface area contributed by atoms with Gasteiger partial charge in [-0.2, -0.15) is 5.10 Å². The van der Waals surface area contributed by atoms with Gasteiger partial charge in [0.25, 0.3) is 0 Å². The number of nitrogens with one attached hydrogen (secondary N) is 1. The van der Waals surface area contributed by atoms with Crippen molar-refractivity contribution in [3.05, 3.63) is 53.3 Å². The third kappa shape index (κ3) is 5.88. The summed E-state index contributed by atoms with van der Waals surface area (Å²) in [5, 5.41) is 8.44. The van der Waals surface area contributed by atoms with E-state index in [0.717, 1.165) is 10.6 Å². The van der Waals surface area contributed by atoms with Gasteiger partial charge >= 0.3 is 0 Å². The molecule has 2 aromatic rings. The standard InChI is InChI=1S/C18H24ClN5.HI/c19-15-9-7-14(8-10-15)17(24-12-4-11-22-24)13-21-18(20)23-16-5-2-1-3-6-16;/h4,7-12,16-17H,1-3,5-6,13H2,(H3,20,21,23);1H. The van der Waals surface area contributed by atoms with Crippen molar-refractivity contribution >= 4 is 41.5 Å². The van der Waals surface area contributed by atoms with Crippen LogP contribution in [0.2, 0.25) is 5.02 Å². The normalized spacial score (nSPS) is 16.9. The Morgan fingerprint density at radius 1 is 1.28 bits per heavy atom. The van der Waals surface area contributed by atoms with Crippen molar-refractivity contribution in [2.24, 2.45) is 10.7 Å². The van der Waals surface area contributed by atoms with Crippen LogP contribution in [0.4, 0.5) is 0 Å². The molecule has 1 aromatic heterocycles. The van der Waals surface area contributed by atoms with E-state index in [1.165, 1.54) is 32.1 Å². The molecule has 7 heteroatoms. The number of nitrogens with two attached hydrogens (primary N) is 1. The average molecular weight is 474 g/mol. The summed E-state index contributed by atoms with van der Waals surface area (Å²) in [7, 11) is 0. The van der Waals surface area contributed by atoms with Crippen molar-refractivity contribution in [1.29, 1.82) is 0 Å². The lowest BCUT2D eigenvalue weighted by atomic mass is 9.96.